The van der Waals surface area contributed by atoms with E-state index in [1.165, 1.54) is 0 Å². The Morgan fingerprint density at radius 1 is 1.62 bits per heavy atom. The van der Waals surface area contributed by atoms with Gasteiger partial charge in [-0.25, -0.2) is 0 Å². The van der Waals surface area contributed by atoms with Crippen LogP contribution in [0.4, 0.5) is 0 Å². The van der Waals surface area contributed by atoms with Crippen LogP contribution in [0.5, 0.6) is 0 Å². The monoisotopic (exact) mass is 181 g/mol. The number of carbonyl (C=O) groups is 1. The number of esters is 1. The molecule has 1 aliphatic heterocycles. The number of nitriles is 1. The molecule has 1 heterocycles. The van der Waals surface area contributed by atoms with Crippen LogP contribution in [0.3, 0.4) is 0 Å². The van der Waals surface area contributed by atoms with E-state index in [1.54, 1.807) is 6.92 Å². The zero-order valence-electron chi connectivity index (χ0n) is 8.55. The molecule has 0 aromatic carbocycles. The average Bonchev–Trinajstić information content (AvgIpc) is 2.29. The Morgan fingerprint density at radius 2 is 2.15 bits per heavy atom. The molecule has 0 radical (unpaired) electrons. The Balaban J connectivity index is 2.85. The van der Waals surface area contributed by atoms with Crippen LogP contribution in [0, 0.1) is 22.2 Å². The van der Waals surface area contributed by atoms with Crippen LogP contribution in [0.25, 0.3) is 0 Å². The summed E-state index contributed by atoms with van der Waals surface area (Å²) in [7, 11) is 0. The lowest BCUT2D eigenvalue weighted by atomic mass is 9.80. The second kappa shape index (κ2) is 2.73. The molecule has 0 bridgehead atoms. The van der Waals surface area contributed by atoms with Crippen LogP contribution in [-0.4, -0.2) is 12.1 Å². The molecule has 0 amide bonds. The number of hydrogen-bond acceptors (Lipinski definition) is 3. The van der Waals surface area contributed by atoms with Gasteiger partial charge in [-0.1, -0.05) is 20.8 Å². The highest BCUT2D eigenvalue weighted by Crippen LogP contribution is 2.40. The van der Waals surface area contributed by atoms with E-state index in [0.717, 1.165) is 0 Å². The molecule has 72 valence electrons. The predicted molar refractivity (Wildman–Crippen MR) is 47.7 cm³/mol. The minimum atomic E-state index is -0.933. The van der Waals surface area contributed by atoms with Crippen LogP contribution in [0.1, 0.15) is 34.1 Å². The fourth-order valence-corrected chi connectivity index (χ4v) is 1.33. The Morgan fingerprint density at radius 3 is 2.38 bits per heavy atom. The van der Waals surface area contributed by atoms with E-state index in [4.69, 9.17) is 10.00 Å². The summed E-state index contributed by atoms with van der Waals surface area (Å²) in [6, 6.07) is 2.02. The standard InChI is InChI=1S/C10H15NO2/c1-9(2,3)7-5-10(4,6-11)8(12)13-7/h7H,5H2,1-4H3/t7-,10-/m0/s1. The molecule has 0 unspecified atom stereocenters. The lowest BCUT2D eigenvalue weighted by Gasteiger charge is -2.25. The van der Waals surface area contributed by atoms with E-state index in [9.17, 15) is 4.79 Å². The quantitative estimate of drug-likeness (QED) is 0.536. The fourth-order valence-electron chi connectivity index (χ4n) is 1.33. The average molecular weight is 181 g/mol. The van der Waals surface area contributed by atoms with Crippen molar-refractivity contribution in [3.63, 3.8) is 0 Å². The van der Waals surface area contributed by atoms with Crippen LogP contribution < -0.4 is 0 Å². The second-order valence-corrected chi connectivity index (χ2v) is 4.91. The number of ether oxygens (including phenoxy) is 1. The molecule has 1 rings (SSSR count). The summed E-state index contributed by atoms with van der Waals surface area (Å²) >= 11 is 0. The maximum Gasteiger partial charge on any atom is 0.326 e. The van der Waals surface area contributed by atoms with Gasteiger partial charge in [0, 0.05) is 6.42 Å². The summed E-state index contributed by atoms with van der Waals surface area (Å²) in [4.78, 5) is 11.3. The maximum atomic E-state index is 11.3. The first-order chi connectivity index (χ1) is 5.79. The normalized spacial score (nSPS) is 34.1. The summed E-state index contributed by atoms with van der Waals surface area (Å²) in [5.74, 6) is -0.380. The molecule has 0 aliphatic carbocycles. The molecule has 2 atom stereocenters. The van der Waals surface area contributed by atoms with Gasteiger partial charge in [-0.05, 0) is 12.3 Å². The van der Waals surface area contributed by atoms with Gasteiger partial charge in [0.2, 0.25) is 0 Å². The van der Waals surface area contributed by atoms with Gasteiger partial charge in [-0.3, -0.25) is 4.79 Å². The van der Waals surface area contributed by atoms with Crippen molar-refractivity contribution in [2.75, 3.05) is 0 Å². The Kier molecular flexibility index (Phi) is 2.11. The Labute approximate surface area is 78.7 Å². The highest BCUT2D eigenvalue weighted by Gasteiger charge is 2.49. The summed E-state index contributed by atoms with van der Waals surface area (Å²) in [6.45, 7) is 7.66. The lowest BCUT2D eigenvalue weighted by Crippen LogP contribution is -2.26. The van der Waals surface area contributed by atoms with Crippen molar-refractivity contribution < 1.29 is 9.53 Å². The van der Waals surface area contributed by atoms with Crippen LogP contribution in [0.15, 0.2) is 0 Å². The van der Waals surface area contributed by atoms with E-state index in [2.05, 4.69) is 0 Å². The van der Waals surface area contributed by atoms with Gasteiger partial charge in [0.25, 0.3) is 0 Å². The van der Waals surface area contributed by atoms with Crippen molar-refractivity contribution >= 4 is 5.97 Å². The third-order valence-corrected chi connectivity index (χ3v) is 2.51. The molecule has 13 heavy (non-hydrogen) atoms. The molecule has 0 aromatic heterocycles. The molecule has 1 fully saturated rings. The Bertz CT molecular complexity index is 272. The van der Waals surface area contributed by atoms with Gasteiger partial charge in [-0.2, -0.15) is 5.26 Å². The van der Waals surface area contributed by atoms with Crippen molar-refractivity contribution in [2.45, 2.75) is 40.2 Å². The van der Waals surface area contributed by atoms with Crippen molar-refractivity contribution in [1.29, 1.82) is 5.26 Å². The fraction of sp³-hybridized carbons (Fsp3) is 0.800. The minimum absolute atomic E-state index is 0.0791. The topological polar surface area (TPSA) is 50.1 Å². The van der Waals surface area contributed by atoms with Gasteiger partial charge >= 0.3 is 5.97 Å². The molecule has 0 aromatic rings. The predicted octanol–water partition coefficient (Wildman–Crippen LogP) is 1.88. The second-order valence-electron chi connectivity index (χ2n) is 4.91. The van der Waals surface area contributed by atoms with Crippen molar-refractivity contribution in [3.05, 3.63) is 0 Å². The summed E-state index contributed by atoms with van der Waals surface area (Å²) < 4.78 is 5.17. The number of nitrogens with zero attached hydrogens (tertiary/aromatic N) is 1. The van der Waals surface area contributed by atoms with Crippen LogP contribution in [-0.2, 0) is 9.53 Å². The molecule has 0 spiro atoms. The molecular weight excluding hydrogens is 166 g/mol. The SMILES string of the molecule is CC(C)(C)[C@@H]1C[C@@](C)(C#N)C(=O)O1. The van der Waals surface area contributed by atoms with Crippen molar-refractivity contribution in [3.8, 4) is 6.07 Å². The smallest absolute Gasteiger partial charge is 0.326 e. The van der Waals surface area contributed by atoms with Crippen molar-refractivity contribution in [1.82, 2.24) is 0 Å². The first-order valence-corrected chi connectivity index (χ1v) is 4.42. The molecule has 3 heteroatoms. The highest BCUT2D eigenvalue weighted by molar-refractivity contribution is 5.81. The summed E-state index contributed by atoms with van der Waals surface area (Å²) in [5, 5.41) is 8.83. The minimum Gasteiger partial charge on any atom is -0.461 e. The van der Waals surface area contributed by atoms with E-state index >= 15 is 0 Å². The van der Waals surface area contributed by atoms with Crippen LogP contribution in [0.2, 0.25) is 0 Å². The third kappa shape index (κ3) is 1.67. The van der Waals surface area contributed by atoms with Crippen molar-refractivity contribution in [2.24, 2.45) is 10.8 Å². The zero-order valence-corrected chi connectivity index (χ0v) is 8.55. The first-order valence-electron chi connectivity index (χ1n) is 4.42. The largest absolute Gasteiger partial charge is 0.461 e. The van der Waals surface area contributed by atoms with E-state index in [0.29, 0.717) is 6.42 Å². The van der Waals surface area contributed by atoms with E-state index < -0.39 is 5.41 Å². The van der Waals surface area contributed by atoms with Gasteiger partial charge in [0.1, 0.15) is 6.10 Å². The summed E-state index contributed by atoms with van der Waals surface area (Å²) in [6.07, 6.45) is 0.371. The number of rotatable bonds is 0. The van der Waals surface area contributed by atoms with E-state index in [1.807, 2.05) is 26.8 Å². The third-order valence-electron chi connectivity index (χ3n) is 2.51. The number of cyclic esters (lactones) is 1. The molecule has 3 nitrogen and oxygen atoms in total. The molecule has 0 saturated carbocycles. The van der Waals surface area contributed by atoms with E-state index in [-0.39, 0.29) is 17.5 Å². The first kappa shape index (κ1) is 10.0. The zero-order chi connectivity index (χ0) is 10.3. The molecule has 1 saturated heterocycles. The number of hydrogen-bond donors (Lipinski definition) is 0. The van der Waals surface area contributed by atoms with Gasteiger partial charge in [-0.15, -0.1) is 0 Å². The van der Waals surface area contributed by atoms with Gasteiger partial charge < -0.3 is 4.74 Å². The Hall–Kier alpha value is -1.04. The number of carbonyl (C=O) groups excluding carboxylic acids is 1. The molecule has 1 aliphatic rings. The maximum absolute atomic E-state index is 11.3. The summed E-state index contributed by atoms with van der Waals surface area (Å²) in [5.41, 5.74) is -1.01. The van der Waals surface area contributed by atoms with Gasteiger partial charge in [0.05, 0.1) is 6.07 Å². The lowest BCUT2D eigenvalue weighted by molar-refractivity contribution is -0.149. The van der Waals surface area contributed by atoms with Gasteiger partial charge in [0.15, 0.2) is 5.41 Å². The van der Waals surface area contributed by atoms with Crippen LogP contribution >= 0.6 is 0 Å². The molecular formula is C10H15NO2. The molecule has 0 N–H and O–H groups in total. The highest BCUT2D eigenvalue weighted by atomic mass is 16.6.